The van der Waals surface area contributed by atoms with Crippen molar-refractivity contribution in [3.8, 4) is 11.5 Å². The van der Waals surface area contributed by atoms with Gasteiger partial charge in [-0.15, -0.1) is 0 Å². The zero-order chi connectivity index (χ0) is 18.6. The number of carboxylic acid groups (broad SMARTS) is 1. The first-order chi connectivity index (χ1) is 11.8. The summed E-state index contributed by atoms with van der Waals surface area (Å²) in [6, 6.07) is 3.36. The molecule has 6 nitrogen and oxygen atoms in total. The van der Waals surface area contributed by atoms with Crippen LogP contribution in [0.2, 0.25) is 0 Å². The number of carboxylic acids is 1. The Balaban J connectivity index is 2.24. The Morgan fingerprint density at radius 2 is 2.20 bits per heavy atom. The number of halogens is 1. The molecule has 0 bridgehead atoms. The van der Waals surface area contributed by atoms with Gasteiger partial charge >= 0.3 is 5.97 Å². The Morgan fingerprint density at radius 1 is 1.48 bits per heavy atom. The number of thiocarbonyl (C=S) groups is 1. The molecule has 1 heterocycles. The van der Waals surface area contributed by atoms with E-state index in [1.807, 2.05) is 6.92 Å². The van der Waals surface area contributed by atoms with Crippen LogP contribution < -0.4 is 4.74 Å². The van der Waals surface area contributed by atoms with Crippen molar-refractivity contribution in [3.05, 3.63) is 27.1 Å². The lowest BCUT2D eigenvalue weighted by Crippen LogP contribution is -2.29. The van der Waals surface area contributed by atoms with Crippen molar-refractivity contribution in [3.63, 3.8) is 0 Å². The van der Waals surface area contributed by atoms with Crippen molar-refractivity contribution in [2.75, 3.05) is 13.2 Å². The minimum Gasteiger partial charge on any atom is -0.504 e. The Labute approximate surface area is 163 Å². The van der Waals surface area contributed by atoms with E-state index in [0.29, 0.717) is 38.0 Å². The summed E-state index contributed by atoms with van der Waals surface area (Å²) in [5.41, 5.74) is 0.428. The van der Waals surface area contributed by atoms with E-state index >= 15 is 0 Å². The smallest absolute Gasteiger partial charge is 0.303 e. The van der Waals surface area contributed by atoms with Gasteiger partial charge in [-0.3, -0.25) is 14.5 Å². The molecule has 0 spiro atoms. The van der Waals surface area contributed by atoms with Crippen LogP contribution in [0.25, 0.3) is 6.08 Å². The maximum Gasteiger partial charge on any atom is 0.303 e. The molecular formula is C16H16BrNO5S2. The highest BCUT2D eigenvalue weighted by atomic mass is 79.9. The number of amides is 1. The van der Waals surface area contributed by atoms with Crippen molar-refractivity contribution in [1.82, 2.24) is 4.90 Å². The third kappa shape index (κ3) is 4.74. The summed E-state index contributed by atoms with van der Waals surface area (Å²) in [7, 11) is 0. The fourth-order valence-corrected chi connectivity index (χ4v) is 3.91. The van der Waals surface area contributed by atoms with Crippen molar-refractivity contribution in [2.24, 2.45) is 0 Å². The van der Waals surface area contributed by atoms with Gasteiger partial charge in [0, 0.05) is 23.0 Å². The number of hydrogen-bond donors (Lipinski definition) is 2. The molecule has 1 aromatic carbocycles. The summed E-state index contributed by atoms with van der Waals surface area (Å²) < 4.78 is 6.35. The zero-order valence-corrected chi connectivity index (χ0v) is 16.5. The highest BCUT2D eigenvalue weighted by Gasteiger charge is 2.32. The molecule has 1 fully saturated rings. The number of aliphatic carboxylic acids is 1. The monoisotopic (exact) mass is 445 g/mol. The Morgan fingerprint density at radius 3 is 2.84 bits per heavy atom. The molecule has 0 radical (unpaired) electrons. The van der Waals surface area contributed by atoms with Gasteiger partial charge < -0.3 is 14.9 Å². The van der Waals surface area contributed by atoms with Crippen LogP contribution >= 0.6 is 39.9 Å². The Hall–Kier alpha value is -1.58. The van der Waals surface area contributed by atoms with Gasteiger partial charge in [0.25, 0.3) is 5.91 Å². The molecule has 1 amide bonds. The molecule has 1 aliphatic rings. The average molecular weight is 446 g/mol. The van der Waals surface area contributed by atoms with Gasteiger partial charge in [0.2, 0.25) is 0 Å². The van der Waals surface area contributed by atoms with Crippen molar-refractivity contribution >= 4 is 62.2 Å². The van der Waals surface area contributed by atoms with Gasteiger partial charge in [0.15, 0.2) is 11.5 Å². The second kappa shape index (κ2) is 8.68. The lowest BCUT2D eigenvalue weighted by Gasteiger charge is -2.13. The number of rotatable bonds is 7. The number of benzene rings is 1. The van der Waals surface area contributed by atoms with E-state index in [0.717, 1.165) is 11.8 Å². The summed E-state index contributed by atoms with van der Waals surface area (Å²) in [5.74, 6) is -0.947. The molecule has 9 heteroatoms. The third-order valence-corrected chi connectivity index (χ3v) is 5.42. The van der Waals surface area contributed by atoms with Crippen molar-refractivity contribution in [2.45, 2.75) is 19.8 Å². The minimum atomic E-state index is -0.914. The van der Waals surface area contributed by atoms with Crippen LogP contribution in [0, 0.1) is 0 Å². The van der Waals surface area contributed by atoms with Crippen LogP contribution in [0.4, 0.5) is 0 Å². The van der Waals surface area contributed by atoms with Crippen molar-refractivity contribution < 1.29 is 24.5 Å². The van der Waals surface area contributed by atoms with Crippen molar-refractivity contribution in [1.29, 1.82) is 0 Å². The lowest BCUT2D eigenvalue weighted by atomic mass is 10.1. The van der Waals surface area contributed by atoms with Crippen LogP contribution in [-0.4, -0.2) is 44.5 Å². The molecule has 0 aliphatic carbocycles. The van der Waals surface area contributed by atoms with Crippen LogP contribution in [0.5, 0.6) is 11.5 Å². The molecule has 2 rings (SSSR count). The minimum absolute atomic E-state index is 0.0289. The first-order valence-corrected chi connectivity index (χ1v) is 9.48. The Kier molecular flexibility index (Phi) is 6.86. The molecule has 2 N–H and O–H groups in total. The summed E-state index contributed by atoms with van der Waals surface area (Å²) in [5, 5.41) is 19.0. The largest absolute Gasteiger partial charge is 0.504 e. The second-order valence-corrected chi connectivity index (χ2v) is 7.60. The number of thioether (sulfide) groups is 1. The first-order valence-electron chi connectivity index (χ1n) is 7.46. The fraction of sp³-hybridized carbons (Fsp3) is 0.312. The first kappa shape index (κ1) is 19.7. The van der Waals surface area contributed by atoms with E-state index < -0.39 is 5.97 Å². The van der Waals surface area contributed by atoms with E-state index in [1.165, 1.54) is 4.90 Å². The molecule has 0 saturated carbocycles. The predicted octanol–water partition coefficient (Wildman–Crippen LogP) is 3.62. The van der Waals surface area contributed by atoms with Gasteiger partial charge in [0.1, 0.15) is 4.32 Å². The van der Waals surface area contributed by atoms with Gasteiger partial charge in [-0.2, -0.15) is 0 Å². The standard InChI is InChI=1S/C16H16BrNO5S2/c1-2-23-11-6-5-10(17)9(14(11)21)8-12-15(22)18(16(24)25-12)7-3-4-13(19)20/h5-6,8,21H,2-4,7H2,1H3,(H,19,20)/b12-8-. The number of nitrogens with zero attached hydrogens (tertiary/aromatic N) is 1. The van der Waals surface area contributed by atoms with E-state index in [-0.39, 0.29) is 24.6 Å². The van der Waals surface area contributed by atoms with Crippen LogP contribution in [0.15, 0.2) is 21.5 Å². The molecule has 1 saturated heterocycles. The van der Waals surface area contributed by atoms with Gasteiger partial charge in [-0.05, 0) is 31.6 Å². The van der Waals surface area contributed by atoms with Crippen LogP contribution in [-0.2, 0) is 9.59 Å². The number of carbonyl (C=O) groups is 2. The maximum atomic E-state index is 12.5. The number of phenols is 1. The topological polar surface area (TPSA) is 87.1 Å². The lowest BCUT2D eigenvalue weighted by molar-refractivity contribution is -0.137. The Bertz CT molecular complexity index is 750. The molecule has 0 aromatic heterocycles. The van der Waals surface area contributed by atoms with Crippen LogP contribution in [0.1, 0.15) is 25.3 Å². The molecular weight excluding hydrogens is 430 g/mol. The normalized spacial score (nSPS) is 15.9. The molecule has 25 heavy (non-hydrogen) atoms. The fourth-order valence-electron chi connectivity index (χ4n) is 2.18. The molecule has 134 valence electrons. The summed E-state index contributed by atoms with van der Waals surface area (Å²) in [6.45, 7) is 2.46. The van der Waals surface area contributed by atoms with Crippen LogP contribution in [0.3, 0.4) is 0 Å². The summed E-state index contributed by atoms with van der Waals surface area (Å²) in [6.07, 6.45) is 1.85. The molecule has 1 aliphatic heterocycles. The SMILES string of the molecule is CCOc1ccc(Br)c(/C=C2\SC(=S)N(CCCC(=O)O)C2=O)c1O. The van der Waals surface area contributed by atoms with E-state index in [4.69, 9.17) is 22.1 Å². The van der Waals surface area contributed by atoms with Gasteiger partial charge in [-0.1, -0.05) is 39.9 Å². The van der Waals surface area contributed by atoms with Gasteiger partial charge in [0.05, 0.1) is 11.5 Å². The quantitative estimate of drug-likeness (QED) is 0.489. The molecule has 0 atom stereocenters. The highest BCUT2D eigenvalue weighted by molar-refractivity contribution is 9.10. The molecule has 1 aromatic rings. The molecule has 0 unspecified atom stereocenters. The maximum absolute atomic E-state index is 12.5. The number of carbonyl (C=O) groups excluding carboxylic acids is 1. The average Bonchev–Trinajstić information content (AvgIpc) is 2.81. The number of aromatic hydroxyl groups is 1. The van der Waals surface area contributed by atoms with E-state index in [1.54, 1.807) is 18.2 Å². The highest BCUT2D eigenvalue weighted by Crippen LogP contribution is 2.40. The summed E-state index contributed by atoms with van der Waals surface area (Å²) >= 11 is 9.68. The predicted molar refractivity (Wildman–Crippen MR) is 104 cm³/mol. The second-order valence-electron chi connectivity index (χ2n) is 5.07. The van der Waals surface area contributed by atoms with E-state index in [9.17, 15) is 14.7 Å². The van der Waals surface area contributed by atoms with Gasteiger partial charge in [-0.25, -0.2) is 0 Å². The number of hydrogen-bond acceptors (Lipinski definition) is 6. The number of ether oxygens (including phenoxy) is 1. The third-order valence-electron chi connectivity index (χ3n) is 3.35. The summed E-state index contributed by atoms with van der Waals surface area (Å²) in [4.78, 5) is 24.9. The number of phenolic OH excluding ortho intramolecular Hbond substituents is 1. The van der Waals surface area contributed by atoms with E-state index in [2.05, 4.69) is 15.9 Å². The zero-order valence-electron chi connectivity index (χ0n) is 13.3.